The summed E-state index contributed by atoms with van der Waals surface area (Å²) in [6, 6.07) is 5.09. The van der Waals surface area contributed by atoms with Crippen molar-refractivity contribution >= 4 is 45.6 Å². The van der Waals surface area contributed by atoms with Crippen LogP contribution >= 0.6 is 0 Å². The Labute approximate surface area is 166 Å². The molecule has 130 valence electrons. The third-order valence-corrected chi connectivity index (χ3v) is 4.26. The molecule has 0 aliphatic heterocycles. The van der Waals surface area contributed by atoms with Gasteiger partial charge in [-0.1, -0.05) is 31.8 Å². The third kappa shape index (κ3) is 10.3. The summed E-state index contributed by atoms with van der Waals surface area (Å²) in [5, 5.41) is 0. The van der Waals surface area contributed by atoms with E-state index in [1.807, 2.05) is 6.08 Å². The molecule has 0 spiro atoms. The molecule has 1 aromatic rings. The van der Waals surface area contributed by atoms with Gasteiger partial charge < -0.3 is 4.74 Å². The van der Waals surface area contributed by atoms with Gasteiger partial charge >= 0.3 is 35.5 Å². The van der Waals surface area contributed by atoms with Crippen LogP contribution in [-0.4, -0.2) is 48.5 Å². The molecular weight excluding hydrogens is 339 g/mol. The summed E-state index contributed by atoms with van der Waals surface area (Å²) in [4.78, 5) is 11.4. The number of benzene rings is 1. The SMILES string of the molecule is C=CCCCCCCCCC(=O)Oc1ccc(S(=O)(=O)O)cc1.[NaH]. The Balaban J connectivity index is 0.00000529. The molecule has 0 bridgehead atoms. The average Bonchev–Trinajstić information content (AvgIpc) is 2.49. The molecule has 0 saturated carbocycles. The minimum atomic E-state index is -4.22. The monoisotopic (exact) mass is 364 g/mol. The zero-order valence-corrected chi connectivity index (χ0v) is 14.1. The van der Waals surface area contributed by atoms with Crippen molar-refractivity contribution in [2.24, 2.45) is 0 Å². The third-order valence-electron chi connectivity index (χ3n) is 3.39. The molecule has 5 nitrogen and oxygen atoms in total. The first-order valence-corrected chi connectivity index (χ1v) is 9.26. The van der Waals surface area contributed by atoms with Crippen LogP contribution in [0.4, 0.5) is 0 Å². The van der Waals surface area contributed by atoms with Crippen LogP contribution in [0, 0.1) is 0 Å². The molecule has 0 fully saturated rings. The fourth-order valence-electron chi connectivity index (χ4n) is 2.13. The summed E-state index contributed by atoms with van der Waals surface area (Å²) in [6.45, 7) is 3.68. The van der Waals surface area contributed by atoms with Crippen molar-refractivity contribution in [3.05, 3.63) is 36.9 Å². The van der Waals surface area contributed by atoms with E-state index < -0.39 is 10.1 Å². The zero-order chi connectivity index (χ0) is 17.1. The number of esters is 1. The number of hydrogen-bond donors (Lipinski definition) is 1. The van der Waals surface area contributed by atoms with Gasteiger partial charge in [0.05, 0.1) is 4.90 Å². The Morgan fingerprint density at radius 2 is 1.58 bits per heavy atom. The van der Waals surface area contributed by atoms with Crippen LogP contribution in [-0.2, 0) is 14.9 Å². The molecule has 0 atom stereocenters. The fraction of sp³-hybridized carbons (Fsp3) is 0.471. The van der Waals surface area contributed by atoms with Crippen molar-refractivity contribution in [2.45, 2.75) is 56.3 Å². The maximum absolute atomic E-state index is 11.7. The van der Waals surface area contributed by atoms with E-state index in [9.17, 15) is 13.2 Å². The second-order valence-corrected chi connectivity index (χ2v) is 6.79. The van der Waals surface area contributed by atoms with Crippen LogP contribution in [0.3, 0.4) is 0 Å². The summed E-state index contributed by atoms with van der Waals surface area (Å²) in [7, 11) is -4.22. The van der Waals surface area contributed by atoms with Crippen molar-refractivity contribution in [1.82, 2.24) is 0 Å². The van der Waals surface area contributed by atoms with Crippen molar-refractivity contribution in [1.29, 1.82) is 0 Å². The van der Waals surface area contributed by atoms with Gasteiger partial charge in [0.15, 0.2) is 0 Å². The molecule has 0 aromatic heterocycles. The molecule has 24 heavy (non-hydrogen) atoms. The summed E-state index contributed by atoms with van der Waals surface area (Å²) < 4.78 is 35.8. The summed E-state index contributed by atoms with van der Waals surface area (Å²) in [6.07, 6.45) is 9.73. The molecule has 0 saturated heterocycles. The first-order valence-electron chi connectivity index (χ1n) is 7.82. The van der Waals surface area contributed by atoms with E-state index in [1.165, 1.54) is 43.5 Å². The van der Waals surface area contributed by atoms with Crippen LogP contribution in [0.15, 0.2) is 41.8 Å². The molecule has 0 heterocycles. The van der Waals surface area contributed by atoms with Crippen LogP contribution < -0.4 is 4.74 Å². The van der Waals surface area contributed by atoms with Gasteiger partial charge in [-0.05, 0) is 43.5 Å². The Bertz CT molecular complexity index is 596. The summed E-state index contributed by atoms with van der Waals surface area (Å²) >= 11 is 0. The number of carbonyl (C=O) groups is 1. The molecule has 1 aromatic carbocycles. The molecule has 0 aliphatic rings. The fourth-order valence-corrected chi connectivity index (χ4v) is 2.61. The van der Waals surface area contributed by atoms with Crippen LogP contribution in [0.25, 0.3) is 0 Å². The van der Waals surface area contributed by atoms with Crippen molar-refractivity contribution in [3.8, 4) is 5.75 Å². The Morgan fingerprint density at radius 3 is 2.12 bits per heavy atom. The van der Waals surface area contributed by atoms with E-state index in [1.54, 1.807) is 0 Å². The van der Waals surface area contributed by atoms with Gasteiger partial charge in [-0.25, -0.2) is 0 Å². The number of carbonyl (C=O) groups excluding carboxylic acids is 1. The van der Waals surface area contributed by atoms with Gasteiger partial charge in [0.1, 0.15) is 5.75 Å². The van der Waals surface area contributed by atoms with E-state index in [2.05, 4.69) is 6.58 Å². The normalized spacial score (nSPS) is 10.7. The zero-order valence-electron chi connectivity index (χ0n) is 13.2. The predicted molar refractivity (Wildman–Crippen MR) is 96.2 cm³/mol. The molecule has 0 radical (unpaired) electrons. The number of ether oxygens (including phenoxy) is 1. The Kier molecular flexibility index (Phi) is 12.3. The molecule has 1 N–H and O–H groups in total. The number of rotatable bonds is 11. The van der Waals surface area contributed by atoms with Gasteiger partial charge in [-0.15, -0.1) is 6.58 Å². The molecule has 0 amide bonds. The van der Waals surface area contributed by atoms with E-state index in [0.29, 0.717) is 6.42 Å². The van der Waals surface area contributed by atoms with Gasteiger partial charge in [0, 0.05) is 6.42 Å². The number of allylic oxidation sites excluding steroid dienone is 1. The minimum absolute atomic E-state index is 0. The summed E-state index contributed by atoms with van der Waals surface area (Å²) in [5.41, 5.74) is 0. The Hall–Kier alpha value is -0.660. The van der Waals surface area contributed by atoms with Crippen LogP contribution in [0.5, 0.6) is 5.75 Å². The number of unbranched alkanes of at least 4 members (excludes halogenated alkanes) is 6. The van der Waals surface area contributed by atoms with E-state index in [-0.39, 0.29) is 46.2 Å². The van der Waals surface area contributed by atoms with Gasteiger partial charge in [0.25, 0.3) is 10.1 Å². The van der Waals surface area contributed by atoms with Crippen LogP contribution in [0.1, 0.15) is 51.4 Å². The first kappa shape index (κ1) is 23.3. The van der Waals surface area contributed by atoms with E-state index in [4.69, 9.17) is 9.29 Å². The van der Waals surface area contributed by atoms with Gasteiger partial charge in [-0.2, -0.15) is 8.42 Å². The standard InChI is InChI=1S/C17H24O5S.Na.H/c1-2-3-4-5-6-7-8-9-10-17(18)22-15-11-13-16(14-12-15)23(19,20)21;;/h2,11-14H,1,3-10H2,(H,19,20,21);;. The molecular formula is C17H25NaO5S. The quantitative estimate of drug-likeness (QED) is 0.162. The second-order valence-electron chi connectivity index (χ2n) is 5.37. The molecule has 7 heteroatoms. The Morgan fingerprint density at radius 1 is 1.04 bits per heavy atom. The van der Waals surface area contributed by atoms with Crippen molar-refractivity contribution in [2.75, 3.05) is 0 Å². The predicted octanol–water partition coefficient (Wildman–Crippen LogP) is 3.50. The second kappa shape index (κ2) is 12.7. The average molecular weight is 364 g/mol. The van der Waals surface area contributed by atoms with E-state index >= 15 is 0 Å². The van der Waals surface area contributed by atoms with Crippen LogP contribution in [0.2, 0.25) is 0 Å². The van der Waals surface area contributed by atoms with Crippen molar-refractivity contribution in [3.63, 3.8) is 0 Å². The maximum atomic E-state index is 11.7. The molecule has 0 aliphatic carbocycles. The topological polar surface area (TPSA) is 80.7 Å². The van der Waals surface area contributed by atoms with Gasteiger partial charge in [0.2, 0.25) is 0 Å². The van der Waals surface area contributed by atoms with E-state index in [0.717, 1.165) is 25.7 Å². The number of hydrogen-bond acceptors (Lipinski definition) is 4. The summed E-state index contributed by atoms with van der Waals surface area (Å²) in [5.74, 6) is -0.0666. The molecule has 0 unspecified atom stereocenters. The van der Waals surface area contributed by atoms with Gasteiger partial charge in [-0.3, -0.25) is 9.35 Å². The first-order chi connectivity index (χ1) is 10.9. The molecule has 1 rings (SSSR count). The van der Waals surface area contributed by atoms with Crippen molar-refractivity contribution < 1.29 is 22.5 Å².